The molecule has 0 aliphatic carbocycles. The smallest absolute Gasteiger partial charge is 0.337 e. The lowest BCUT2D eigenvalue weighted by Gasteiger charge is -2.09. The molecular formula is C13H10FN5O4S. The predicted molar refractivity (Wildman–Crippen MR) is 79.7 cm³/mol. The van der Waals surface area contributed by atoms with Crippen molar-refractivity contribution in [1.29, 1.82) is 0 Å². The standard InChI is InChI=1S/C13H10FN5O4S/c1-7-5-15-12-16-13(17-19(12)6-7)24(22,23)18-10-8(11(20)21)3-2-4-9(10)14/h2-6,18H,1H3,(H,20,21). The number of para-hydroxylation sites is 1. The Kier molecular flexibility index (Phi) is 3.64. The van der Waals surface area contributed by atoms with Crippen LogP contribution in [0.2, 0.25) is 0 Å². The third-order valence-corrected chi connectivity index (χ3v) is 4.15. The first-order chi connectivity index (χ1) is 11.3. The zero-order valence-corrected chi connectivity index (χ0v) is 13.0. The molecule has 0 spiro atoms. The van der Waals surface area contributed by atoms with Crippen LogP contribution in [-0.4, -0.2) is 39.1 Å². The molecule has 1 aromatic carbocycles. The summed E-state index contributed by atoms with van der Waals surface area (Å²) in [6.07, 6.45) is 2.99. The average Bonchev–Trinajstić information content (AvgIpc) is 2.92. The van der Waals surface area contributed by atoms with Crippen molar-refractivity contribution in [2.45, 2.75) is 12.1 Å². The Labute approximate surface area is 134 Å². The molecule has 9 nitrogen and oxygen atoms in total. The molecule has 0 radical (unpaired) electrons. The number of halogens is 1. The number of sulfonamides is 1. The number of carbonyl (C=O) groups is 1. The van der Waals surface area contributed by atoms with Crippen LogP contribution in [-0.2, 0) is 10.0 Å². The summed E-state index contributed by atoms with van der Waals surface area (Å²) in [4.78, 5) is 18.8. The van der Waals surface area contributed by atoms with E-state index in [9.17, 15) is 17.6 Å². The molecule has 0 bridgehead atoms. The van der Waals surface area contributed by atoms with Crippen LogP contribution in [0.1, 0.15) is 15.9 Å². The molecule has 0 saturated carbocycles. The van der Waals surface area contributed by atoms with E-state index in [1.807, 2.05) is 4.72 Å². The van der Waals surface area contributed by atoms with E-state index < -0.39 is 38.2 Å². The molecule has 3 aromatic rings. The maximum Gasteiger partial charge on any atom is 0.337 e. The molecule has 0 saturated heterocycles. The highest BCUT2D eigenvalue weighted by atomic mass is 32.2. The number of fused-ring (bicyclic) bond motifs is 1. The van der Waals surface area contributed by atoms with Crippen molar-refractivity contribution in [3.05, 3.63) is 47.5 Å². The number of aromatic nitrogens is 4. The Morgan fingerprint density at radius 2 is 2.12 bits per heavy atom. The summed E-state index contributed by atoms with van der Waals surface area (Å²) >= 11 is 0. The Morgan fingerprint density at radius 3 is 2.83 bits per heavy atom. The molecule has 124 valence electrons. The fraction of sp³-hybridized carbons (Fsp3) is 0.0769. The molecular weight excluding hydrogens is 341 g/mol. The van der Waals surface area contributed by atoms with Gasteiger partial charge in [-0.15, -0.1) is 5.10 Å². The number of nitrogens with zero attached hydrogens (tertiary/aromatic N) is 4. The van der Waals surface area contributed by atoms with Crippen molar-refractivity contribution >= 4 is 27.5 Å². The molecule has 2 aromatic heterocycles. The van der Waals surface area contributed by atoms with Crippen LogP contribution in [0.3, 0.4) is 0 Å². The van der Waals surface area contributed by atoms with Crippen LogP contribution in [0.25, 0.3) is 5.78 Å². The lowest BCUT2D eigenvalue weighted by molar-refractivity contribution is 0.0697. The van der Waals surface area contributed by atoms with Gasteiger partial charge in [0, 0.05) is 12.4 Å². The molecule has 0 fully saturated rings. The minimum absolute atomic E-state index is 0.0352. The van der Waals surface area contributed by atoms with Gasteiger partial charge in [0.2, 0.25) is 0 Å². The van der Waals surface area contributed by atoms with Gasteiger partial charge in [0.1, 0.15) is 5.82 Å². The Bertz CT molecular complexity index is 1060. The van der Waals surface area contributed by atoms with Crippen LogP contribution < -0.4 is 4.72 Å². The van der Waals surface area contributed by atoms with Crippen molar-refractivity contribution < 1.29 is 22.7 Å². The van der Waals surface area contributed by atoms with Crippen LogP contribution >= 0.6 is 0 Å². The second-order valence-corrected chi connectivity index (χ2v) is 6.42. The van der Waals surface area contributed by atoms with Crippen LogP contribution in [0.5, 0.6) is 0 Å². The lowest BCUT2D eigenvalue weighted by Crippen LogP contribution is -2.18. The molecule has 3 rings (SSSR count). The van der Waals surface area contributed by atoms with Gasteiger partial charge in [0.15, 0.2) is 0 Å². The highest BCUT2D eigenvalue weighted by Crippen LogP contribution is 2.22. The molecule has 0 aliphatic rings. The normalized spacial score (nSPS) is 11.6. The number of benzene rings is 1. The van der Waals surface area contributed by atoms with E-state index in [0.29, 0.717) is 0 Å². The van der Waals surface area contributed by atoms with Crippen LogP contribution in [0, 0.1) is 12.7 Å². The summed E-state index contributed by atoms with van der Waals surface area (Å²) in [5, 5.41) is 12.2. The van der Waals surface area contributed by atoms with Gasteiger partial charge in [-0.3, -0.25) is 4.72 Å². The van der Waals surface area contributed by atoms with E-state index in [1.54, 1.807) is 6.92 Å². The van der Waals surface area contributed by atoms with Gasteiger partial charge < -0.3 is 5.11 Å². The zero-order chi connectivity index (χ0) is 17.5. The average molecular weight is 351 g/mol. The Balaban J connectivity index is 2.07. The van der Waals surface area contributed by atoms with E-state index in [1.165, 1.54) is 12.4 Å². The van der Waals surface area contributed by atoms with E-state index in [4.69, 9.17) is 5.11 Å². The fourth-order valence-corrected chi connectivity index (χ4v) is 2.92. The summed E-state index contributed by atoms with van der Waals surface area (Å²) in [6, 6.07) is 3.17. The quantitative estimate of drug-likeness (QED) is 0.720. The number of carboxylic acid groups (broad SMARTS) is 1. The van der Waals surface area contributed by atoms with E-state index in [-0.39, 0.29) is 5.78 Å². The van der Waals surface area contributed by atoms with E-state index in [0.717, 1.165) is 28.3 Å². The summed E-state index contributed by atoms with van der Waals surface area (Å²) in [6.45, 7) is 1.74. The number of rotatable bonds is 4. The number of nitrogens with one attached hydrogen (secondary N) is 1. The summed E-state index contributed by atoms with van der Waals surface area (Å²) in [7, 11) is -4.40. The van der Waals surface area contributed by atoms with E-state index >= 15 is 0 Å². The maximum absolute atomic E-state index is 13.9. The SMILES string of the molecule is Cc1cnc2nc(S(=O)(=O)Nc3c(F)cccc3C(=O)O)nn2c1. The molecule has 11 heteroatoms. The molecule has 0 amide bonds. The van der Waals surface area contributed by atoms with Crippen LogP contribution in [0.15, 0.2) is 35.7 Å². The van der Waals surface area contributed by atoms with Gasteiger partial charge >= 0.3 is 5.97 Å². The fourth-order valence-electron chi connectivity index (χ4n) is 1.96. The summed E-state index contributed by atoms with van der Waals surface area (Å²) in [5.41, 5.74) is -0.490. The lowest BCUT2D eigenvalue weighted by atomic mass is 10.2. The van der Waals surface area contributed by atoms with Crippen LogP contribution in [0.4, 0.5) is 10.1 Å². The predicted octanol–water partition coefficient (Wildman–Crippen LogP) is 1.07. The van der Waals surface area contributed by atoms with Crippen molar-refractivity contribution in [1.82, 2.24) is 19.6 Å². The Morgan fingerprint density at radius 1 is 1.38 bits per heavy atom. The minimum atomic E-state index is -4.40. The highest BCUT2D eigenvalue weighted by molar-refractivity contribution is 7.92. The van der Waals surface area contributed by atoms with Crippen molar-refractivity contribution in [3.8, 4) is 0 Å². The second kappa shape index (κ2) is 5.53. The molecule has 24 heavy (non-hydrogen) atoms. The number of aromatic carboxylic acids is 1. The topological polar surface area (TPSA) is 127 Å². The third kappa shape index (κ3) is 2.76. The van der Waals surface area contributed by atoms with Gasteiger partial charge in [0.05, 0.1) is 11.3 Å². The minimum Gasteiger partial charge on any atom is -0.478 e. The Hall–Kier alpha value is -3.08. The molecule has 0 atom stereocenters. The summed E-state index contributed by atoms with van der Waals surface area (Å²) < 4.78 is 41.6. The maximum atomic E-state index is 13.9. The number of hydrogen-bond acceptors (Lipinski definition) is 6. The highest BCUT2D eigenvalue weighted by Gasteiger charge is 2.25. The first-order valence-corrected chi connectivity index (χ1v) is 8.00. The summed E-state index contributed by atoms with van der Waals surface area (Å²) in [5.74, 6) is -2.48. The molecule has 2 heterocycles. The van der Waals surface area contributed by atoms with Gasteiger partial charge in [0.25, 0.3) is 21.0 Å². The third-order valence-electron chi connectivity index (χ3n) is 3.02. The van der Waals surface area contributed by atoms with Crippen molar-refractivity contribution in [2.24, 2.45) is 0 Å². The van der Waals surface area contributed by atoms with Gasteiger partial charge in [-0.05, 0) is 24.6 Å². The second-order valence-electron chi connectivity index (χ2n) is 4.84. The van der Waals surface area contributed by atoms with Gasteiger partial charge in [-0.25, -0.2) is 18.7 Å². The number of aryl methyl sites for hydroxylation is 1. The van der Waals surface area contributed by atoms with E-state index in [2.05, 4.69) is 15.1 Å². The molecule has 0 aliphatic heterocycles. The molecule has 2 N–H and O–H groups in total. The van der Waals surface area contributed by atoms with Crippen molar-refractivity contribution in [3.63, 3.8) is 0 Å². The largest absolute Gasteiger partial charge is 0.478 e. The van der Waals surface area contributed by atoms with Gasteiger partial charge in [-0.1, -0.05) is 6.07 Å². The first kappa shape index (κ1) is 15.8. The monoisotopic (exact) mass is 351 g/mol. The van der Waals surface area contributed by atoms with Gasteiger partial charge in [-0.2, -0.15) is 13.4 Å². The number of anilines is 1. The number of hydrogen-bond donors (Lipinski definition) is 2. The molecule has 0 unspecified atom stereocenters. The zero-order valence-electron chi connectivity index (χ0n) is 12.1. The first-order valence-electron chi connectivity index (χ1n) is 6.51. The number of carboxylic acids is 1. The van der Waals surface area contributed by atoms with Crippen molar-refractivity contribution in [2.75, 3.05) is 4.72 Å².